The predicted molar refractivity (Wildman–Crippen MR) is 80.3 cm³/mol. The number of benzene rings is 1. The van der Waals surface area contributed by atoms with E-state index >= 15 is 0 Å². The van der Waals surface area contributed by atoms with Crippen molar-refractivity contribution in [3.8, 4) is 22.8 Å². The van der Waals surface area contributed by atoms with Gasteiger partial charge in [-0.15, -0.1) is 0 Å². The van der Waals surface area contributed by atoms with Gasteiger partial charge in [-0.05, 0) is 38.4 Å². The van der Waals surface area contributed by atoms with Crippen molar-refractivity contribution in [3.63, 3.8) is 0 Å². The average Bonchev–Trinajstić information content (AvgIpc) is 2.47. The molecule has 20 heavy (non-hydrogen) atoms. The molecule has 0 spiro atoms. The highest BCUT2D eigenvalue weighted by Crippen LogP contribution is 2.31. The number of hydrogen-bond acceptors (Lipinski definition) is 4. The quantitative estimate of drug-likeness (QED) is 0.810. The van der Waals surface area contributed by atoms with Crippen LogP contribution in [0.4, 0.5) is 0 Å². The fourth-order valence-corrected chi connectivity index (χ4v) is 1.84. The van der Waals surface area contributed by atoms with Crippen molar-refractivity contribution in [2.24, 2.45) is 0 Å². The lowest BCUT2D eigenvalue weighted by molar-refractivity contribution is 0.260. The van der Waals surface area contributed by atoms with Crippen molar-refractivity contribution in [2.45, 2.75) is 0 Å². The zero-order valence-corrected chi connectivity index (χ0v) is 12.2. The molecular formula is C16H20N2O2. The fourth-order valence-electron chi connectivity index (χ4n) is 1.84. The minimum atomic E-state index is 0.652. The van der Waals surface area contributed by atoms with Gasteiger partial charge in [-0.2, -0.15) is 0 Å². The Bertz CT molecular complexity index is 541. The Morgan fingerprint density at radius 3 is 2.65 bits per heavy atom. The molecule has 0 N–H and O–H groups in total. The molecule has 0 radical (unpaired) electrons. The summed E-state index contributed by atoms with van der Waals surface area (Å²) in [6.07, 6.45) is 1.77. The van der Waals surface area contributed by atoms with E-state index in [4.69, 9.17) is 9.47 Å². The number of rotatable bonds is 6. The lowest BCUT2D eigenvalue weighted by Crippen LogP contribution is -2.19. The molecule has 4 heteroatoms. The Morgan fingerprint density at radius 2 is 2.00 bits per heavy atom. The summed E-state index contributed by atoms with van der Waals surface area (Å²) >= 11 is 0. The normalized spacial score (nSPS) is 10.6. The fraction of sp³-hybridized carbons (Fsp3) is 0.312. The first-order valence-electron chi connectivity index (χ1n) is 6.57. The highest BCUT2D eigenvalue weighted by atomic mass is 16.5. The molecule has 0 amide bonds. The highest BCUT2D eigenvalue weighted by molar-refractivity contribution is 5.68. The Kier molecular flexibility index (Phi) is 4.96. The van der Waals surface area contributed by atoms with Gasteiger partial charge in [-0.25, -0.2) is 0 Å². The third-order valence-corrected chi connectivity index (χ3v) is 2.92. The zero-order valence-electron chi connectivity index (χ0n) is 12.2. The summed E-state index contributed by atoms with van der Waals surface area (Å²) in [5, 5.41) is 0. The summed E-state index contributed by atoms with van der Waals surface area (Å²) in [5.41, 5.74) is 1.86. The maximum absolute atomic E-state index is 5.71. The molecule has 1 aromatic heterocycles. The van der Waals surface area contributed by atoms with Gasteiger partial charge >= 0.3 is 0 Å². The topological polar surface area (TPSA) is 34.6 Å². The van der Waals surface area contributed by atoms with Crippen LogP contribution in [0.5, 0.6) is 11.5 Å². The molecule has 0 atom stereocenters. The molecule has 106 valence electrons. The van der Waals surface area contributed by atoms with Gasteiger partial charge in [0.25, 0.3) is 0 Å². The van der Waals surface area contributed by atoms with Crippen LogP contribution < -0.4 is 9.47 Å². The molecule has 0 aliphatic carbocycles. The molecule has 4 nitrogen and oxygen atoms in total. The molecule has 0 saturated carbocycles. The number of hydrogen-bond donors (Lipinski definition) is 0. The monoisotopic (exact) mass is 272 g/mol. The van der Waals surface area contributed by atoms with Crippen molar-refractivity contribution in [1.29, 1.82) is 0 Å². The number of methoxy groups -OCH3 is 1. The molecule has 0 aliphatic heterocycles. The van der Waals surface area contributed by atoms with Gasteiger partial charge in [0.2, 0.25) is 0 Å². The first-order valence-corrected chi connectivity index (χ1v) is 6.57. The van der Waals surface area contributed by atoms with Crippen LogP contribution in [0.2, 0.25) is 0 Å². The predicted octanol–water partition coefficient (Wildman–Crippen LogP) is 2.70. The van der Waals surface area contributed by atoms with Crippen LogP contribution in [0.3, 0.4) is 0 Å². The summed E-state index contributed by atoms with van der Waals surface area (Å²) in [7, 11) is 5.70. The first kappa shape index (κ1) is 14.3. The van der Waals surface area contributed by atoms with Gasteiger partial charge in [0, 0.05) is 24.4 Å². The van der Waals surface area contributed by atoms with Gasteiger partial charge in [-0.3, -0.25) is 4.98 Å². The Hall–Kier alpha value is -2.07. The van der Waals surface area contributed by atoms with Crippen molar-refractivity contribution >= 4 is 0 Å². The van der Waals surface area contributed by atoms with Crippen molar-refractivity contribution < 1.29 is 9.47 Å². The molecule has 0 aliphatic rings. The molecule has 2 rings (SSSR count). The van der Waals surface area contributed by atoms with Crippen molar-refractivity contribution in [2.75, 3.05) is 34.4 Å². The first-order chi connectivity index (χ1) is 9.70. The van der Waals surface area contributed by atoms with E-state index in [0.29, 0.717) is 6.61 Å². The minimum absolute atomic E-state index is 0.652. The SMILES string of the molecule is COc1cc(OCCN(C)C)ccc1-c1ccccn1. The van der Waals surface area contributed by atoms with Crippen LogP contribution in [0.1, 0.15) is 0 Å². The molecule has 0 bridgehead atoms. The molecule has 1 heterocycles. The molecule has 0 unspecified atom stereocenters. The highest BCUT2D eigenvalue weighted by Gasteiger charge is 2.08. The number of ether oxygens (including phenoxy) is 2. The number of likely N-dealkylation sites (N-methyl/N-ethyl adjacent to an activating group) is 1. The standard InChI is InChI=1S/C16H20N2O2/c1-18(2)10-11-20-13-7-8-14(16(12-13)19-3)15-6-4-5-9-17-15/h4-9,12H,10-11H2,1-3H3. The van der Waals surface area contributed by atoms with Crippen LogP contribution in [0, 0.1) is 0 Å². The van der Waals surface area contributed by atoms with Crippen LogP contribution in [-0.4, -0.2) is 44.2 Å². The summed E-state index contributed by atoms with van der Waals surface area (Å²) in [4.78, 5) is 6.43. The maximum Gasteiger partial charge on any atom is 0.131 e. The van der Waals surface area contributed by atoms with E-state index in [1.54, 1.807) is 13.3 Å². The lowest BCUT2D eigenvalue weighted by Gasteiger charge is -2.13. The number of nitrogens with zero attached hydrogens (tertiary/aromatic N) is 2. The third-order valence-electron chi connectivity index (χ3n) is 2.92. The van der Waals surface area contributed by atoms with Gasteiger partial charge in [0.1, 0.15) is 18.1 Å². The smallest absolute Gasteiger partial charge is 0.131 e. The Labute approximate surface area is 120 Å². The van der Waals surface area contributed by atoms with E-state index in [1.165, 1.54) is 0 Å². The van der Waals surface area contributed by atoms with E-state index in [-0.39, 0.29) is 0 Å². The van der Waals surface area contributed by atoms with Crippen LogP contribution >= 0.6 is 0 Å². The van der Waals surface area contributed by atoms with Gasteiger partial charge < -0.3 is 14.4 Å². The van der Waals surface area contributed by atoms with Crippen LogP contribution in [0.15, 0.2) is 42.6 Å². The second kappa shape index (κ2) is 6.91. The lowest BCUT2D eigenvalue weighted by atomic mass is 10.1. The molecule has 0 saturated heterocycles. The van der Waals surface area contributed by atoms with E-state index in [0.717, 1.165) is 29.3 Å². The van der Waals surface area contributed by atoms with Gasteiger partial charge in [0.05, 0.1) is 12.8 Å². The summed E-state index contributed by atoms with van der Waals surface area (Å²) in [6.45, 7) is 1.53. The van der Waals surface area contributed by atoms with Gasteiger partial charge in [-0.1, -0.05) is 6.07 Å². The third kappa shape index (κ3) is 3.71. The molecule has 0 fully saturated rings. The van der Waals surface area contributed by atoms with E-state index < -0.39 is 0 Å². The summed E-state index contributed by atoms with van der Waals surface area (Å²) in [5.74, 6) is 1.58. The number of pyridine rings is 1. The van der Waals surface area contributed by atoms with E-state index in [1.807, 2.05) is 50.5 Å². The van der Waals surface area contributed by atoms with E-state index in [9.17, 15) is 0 Å². The zero-order chi connectivity index (χ0) is 14.4. The second-order valence-corrected chi connectivity index (χ2v) is 4.73. The molecule has 2 aromatic rings. The van der Waals surface area contributed by atoms with E-state index in [2.05, 4.69) is 9.88 Å². The molecule has 1 aromatic carbocycles. The van der Waals surface area contributed by atoms with Crippen molar-refractivity contribution in [1.82, 2.24) is 9.88 Å². The van der Waals surface area contributed by atoms with Crippen LogP contribution in [0.25, 0.3) is 11.3 Å². The van der Waals surface area contributed by atoms with Crippen LogP contribution in [-0.2, 0) is 0 Å². The Balaban J connectivity index is 2.16. The average molecular weight is 272 g/mol. The summed E-state index contributed by atoms with van der Waals surface area (Å²) < 4.78 is 11.1. The second-order valence-electron chi connectivity index (χ2n) is 4.73. The largest absolute Gasteiger partial charge is 0.496 e. The maximum atomic E-state index is 5.71. The minimum Gasteiger partial charge on any atom is -0.496 e. The molecular weight excluding hydrogens is 252 g/mol. The number of aromatic nitrogens is 1. The summed E-state index contributed by atoms with van der Waals surface area (Å²) in [6, 6.07) is 11.6. The van der Waals surface area contributed by atoms with Crippen molar-refractivity contribution in [3.05, 3.63) is 42.6 Å². The Morgan fingerprint density at radius 1 is 1.15 bits per heavy atom. The van der Waals surface area contributed by atoms with Gasteiger partial charge in [0.15, 0.2) is 0 Å².